The van der Waals surface area contributed by atoms with Gasteiger partial charge in [0.25, 0.3) is 0 Å². The summed E-state index contributed by atoms with van der Waals surface area (Å²) in [6.07, 6.45) is 0.750. The van der Waals surface area contributed by atoms with Crippen LogP contribution in [0.1, 0.15) is 26.3 Å². The fraction of sp³-hybridized carbons (Fsp3) is 0.467. The molecule has 0 bridgehead atoms. The largest absolute Gasteiger partial charge is 0.490 e. The van der Waals surface area contributed by atoms with Crippen LogP contribution in [-0.4, -0.2) is 19.3 Å². The second-order valence-electron chi connectivity index (χ2n) is 4.60. The van der Waals surface area contributed by atoms with Gasteiger partial charge in [-0.2, -0.15) is 0 Å². The van der Waals surface area contributed by atoms with Crippen molar-refractivity contribution in [1.82, 2.24) is 0 Å². The topological polar surface area (TPSA) is 44.5 Å². The quantitative estimate of drug-likeness (QED) is 0.833. The van der Waals surface area contributed by atoms with E-state index in [1.807, 2.05) is 39.0 Å². The van der Waals surface area contributed by atoms with Gasteiger partial charge < -0.3 is 15.2 Å². The van der Waals surface area contributed by atoms with Crippen LogP contribution in [0.2, 0.25) is 0 Å². The van der Waals surface area contributed by atoms with Gasteiger partial charge in [-0.3, -0.25) is 0 Å². The molecule has 3 nitrogen and oxygen atoms in total. The van der Waals surface area contributed by atoms with E-state index in [4.69, 9.17) is 26.8 Å². The lowest BCUT2D eigenvalue weighted by atomic mass is 10.1. The van der Waals surface area contributed by atoms with Crippen molar-refractivity contribution in [2.45, 2.75) is 33.2 Å². The zero-order chi connectivity index (χ0) is 14.3. The van der Waals surface area contributed by atoms with E-state index in [0.717, 1.165) is 29.1 Å². The molecule has 0 aliphatic heterocycles. The highest BCUT2D eigenvalue weighted by Crippen LogP contribution is 2.32. The van der Waals surface area contributed by atoms with Crippen LogP contribution >= 0.6 is 11.6 Å². The molecule has 19 heavy (non-hydrogen) atoms. The van der Waals surface area contributed by atoms with Gasteiger partial charge in [0.2, 0.25) is 0 Å². The molecule has 0 saturated heterocycles. The van der Waals surface area contributed by atoms with E-state index < -0.39 is 0 Å². The molecule has 1 unspecified atom stereocenters. The minimum atomic E-state index is 0.0730. The average molecular weight is 284 g/mol. The second kappa shape index (κ2) is 8.08. The van der Waals surface area contributed by atoms with Crippen LogP contribution < -0.4 is 15.2 Å². The van der Waals surface area contributed by atoms with E-state index in [9.17, 15) is 0 Å². The summed E-state index contributed by atoms with van der Waals surface area (Å²) in [4.78, 5) is 0. The molecule has 1 aromatic rings. The number of hydrogen-bond acceptors (Lipinski definition) is 3. The maximum absolute atomic E-state index is 5.87. The zero-order valence-corrected chi connectivity index (χ0v) is 12.5. The summed E-state index contributed by atoms with van der Waals surface area (Å²) in [5.74, 6) is 1.52. The Kier molecular flexibility index (Phi) is 6.74. The van der Waals surface area contributed by atoms with Crippen molar-refractivity contribution in [3.05, 3.63) is 34.9 Å². The summed E-state index contributed by atoms with van der Waals surface area (Å²) in [5, 5.41) is 0. The molecule has 0 amide bonds. The number of hydrogen-bond donors (Lipinski definition) is 1. The first-order valence-corrected chi connectivity index (χ1v) is 6.91. The maximum Gasteiger partial charge on any atom is 0.164 e. The Labute approximate surface area is 120 Å². The Morgan fingerprint density at radius 2 is 2.16 bits per heavy atom. The smallest absolute Gasteiger partial charge is 0.164 e. The predicted molar refractivity (Wildman–Crippen MR) is 80.1 cm³/mol. The molecule has 4 heteroatoms. The summed E-state index contributed by atoms with van der Waals surface area (Å²) in [6.45, 7) is 6.89. The first kappa shape index (κ1) is 15.9. The summed E-state index contributed by atoms with van der Waals surface area (Å²) in [7, 11) is 0. The first-order valence-electron chi connectivity index (χ1n) is 6.47. The van der Waals surface area contributed by atoms with Gasteiger partial charge in [-0.05, 0) is 44.4 Å². The number of rotatable bonds is 7. The molecular weight excluding hydrogens is 262 g/mol. The predicted octanol–water partition coefficient (Wildman–Crippen LogP) is 3.50. The van der Waals surface area contributed by atoms with E-state index in [-0.39, 0.29) is 6.04 Å². The van der Waals surface area contributed by atoms with Crippen molar-refractivity contribution in [2.75, 3.05) is 13.2 Å². The van der Waals surface area contributed by atoms with E-state index in [1.165, 1.54) is 5.54 Å². The number of benzene rings is 1. The van der Waals surface area contributed by atoms with Crippen LogP contribution in [0.25, 0.3) is 0 Å². The van der Waals surface area contributed by atoms with Crippen molar-refractivity contribution < 1.29 is 9.47 Å². The third-order valence-electron chi connectivity index (χ3n) is 2.53. The second-order valence-corrected chi connectivity index (χ2v) is 4.82. The Hall–Kier alpha value is -1.19. The molecule has 0 fully saturated rings. The SMILES string of the molecule is CCOc1cccc(CC(C)N)c1OC/C(C)=C/Cl. The van der Waals surface area contributed by atoms with Gasteiger partial charge in [-0.15, -0.1) is 0 Å². The first-order chi connectivity index (χ1) is 9.08. The average Bonchev–Trinajstić information content (AvgIpc) is 2.37. The van der Waals surface area contributed by atoms with Gasteiger partial charge in [0, 0.05) is 11.6 Å². The van der Waals surface area contributed by atoms with Crippen molar-refractivity contribution in [1.29, 1.82) is 0 Å². The Balaban J connectivity index is 2.99. The summed E-state index contributed by atoms with van der Waals surface area (Å²) in [5.41, 5.74) is 9.41. The highest BCUT2D eigenvalue weighted by Gasteiger charge is 2.12. The zero-order valence-electron chi connectivity index (χ0n) is 11.8. The van der Waals surface area contributed by atoms with Crippen LogP contribution in [0.4, 0.5) is 0 Å². The van der Waals surface area contributed by atoms with E-state index in [1.54, 1.807) is 0 Å². The minimum Gasteiger partial charge on any atom is -0.490 e. The molecule has 0 heterocycles. The minimum absolute atomic E-state index is 0.0730. The molecule has 1 rings (SSSR count). The maximum atomic E-state index is 5.87. The fourth-order valence-electron chi connectivity index (χ4n) is 1.72. The molecule has 0 spiro atoms. The Morgan fingerprint density at radius 1 is 1.42 bits per heavy atom. The molecule has 0 aromatic heterocycles. The lowest BCUT2D eigenvalue weighted by molar-refractivity contribution is 0.290. The van der Waals surface area contributed by atoms with E-state index >= 15 is 0 Å². The van der Waals surface area contributed by atoms with Gasteiger partial charge in [-0.1, -0.05) is 23.7 Å². The third kappa shape index (κ3) is 5.13. The molecule has 2 N–H and O–H groups in total. The molecular formula is C15H22ClNO2. The van der Waals surface area contributed by atoms with Gasteiger partial charge in [0.15, 0.2) is 11.5 Å². The molecule has 1 atom stereocenters. The molecule has 0 aliphatic carbocycles. The number of para-hydroxylation sites is 1. The van der Waals surface area contributed by atoms with Crippen molar-refractivity contribution in [2.24, 2.45) is 5.73 Å². The van der Waals surface area contributed by atoms with Crippen LogP contribution in [-0.2, 0) is 6.42 Å². The van der Waals surface area contributed by atoms with Crippen LogP contribution in [0.3, 0.4) is 0 Å². The van der Waals surface area contributed by atoms with Crippen LogP contribution in [0.15, 0.2) is 29.3 Å². The summed E-state index contributed by atoms with van der Waals surface area (Å²) >= 11 is 5.65. The number of nitrogens with two attached hydrogens (primary N) is 1. The Morgan fingerprint density at radius 3 is 2.74 bits per heavy atom. The van der Waals surface area contributed by atoms with E-state index in [0.29, 0.717) is 13.2 Å². The standard InChI is InChI=1S/C15H22ClNO2/c1-4-18-14-7-5-6-13(8-12(3)17)15(14)19-10-11(2)9-16/h5-7,9,12H,4,8,10,17H2,1-3H3/b11-9+. The van der Waals surface area contributed by atoms with Crippen LogP contribution in [0.5, 0.6) is 11.5 Å². The van der Waals surface area contributed by atoms with Gasteiger partial charge in [0.1, 0.15) is 6.61 Å². The number of ether oxygens (including phenoxy) is 2. The highest BCUT2D eigenvalue weighted by atomic mass is 35.5. The fourth-order valence-corrected chi connectivity index (χ4v) is 1.78. The molecule has 0 aliphatic rings. The number of halogens is 1. The summed E-state index contributed by atoms with van der Waals surface area (Å²) in [6, 6.07) is 5.95. The summed E-state index contributed by atoms with van der Waals surface area (Å²) < 4.78 is 11.4. The van der Waals surface area contributed by atoms with Gasteiger partial charge in [-0.25, -0.2) is 0 Å². The molecule has 106 valence electrons. The highest BCUT2D eigenvalue weighted by molar-refractivity contribution is 6.25. The monoisotopic (exact) mass is 283 g/mol. The van der Waals surface area contributed by atoms with E-state index in [2.05, 4.69) is 0 Å². The molecule has 0 radical (unpaired) electrons. The van der Waals surface area contributed by atoms with Gasteiger partial charge in [0.05, 0.1) is 6.61 Å². The molecule has 0 saturated carbocycles. The van der Waals surface area contributed by atoms with Gasteiger partial charge >= 0.3 is 0 Å². The van der Waals surface area contributed by atoms with Crippen LogP contribution in [0, 0.1) is 0 Å². The Bertz CT molecular complexity index is 430. The lowest BCUT2D eigenvalue weighted by Gasteiger charge is -2.17. The normalized spacial score (nSPS) is 13.2. The molecule has 1 aromatic carbocycles. The van der Waals surface area contributed by atoms with Crippen molar-refractivity contribution in [3.63, 3.8) is 0 Å². The van der Waals surface area contributed by atoms with Crippen molar-refractivity contribution >= 4 is 11.6 Å². The lowest BCUT2D eigenvalue weighted by Crippen LogP contribution is -2.18. The van der Waals surface area contributed by atoms with Crippen molar-refractivity contribution in [3.8, 4) is 11.5 Å². The third-order valence-corrected chi connectivity index (χ3v) is 2.91.